The molecule has 0 bridgehead atoms. The van der Waals surface area contributed by atoms with E-state index in [0.717, 1.165) is 5.56 Å². The molecular formula is C24H17Cl2N3O2S. The molecule has 0 aliphatic carbocycles. The van der Waals surface area contributed by atoms with Gasteiger partial charge in [-0.3, -0.25) is 9.69 Å². The summed E-state index contributed by atoms with van der Waals surface area (Å²) in [5, 5.41) is 9.67. The minimum Gasteiger partial charge on any atom is -0.467 e. The summed E-state index contributed by atoms with van der Waals surface area (Å²) in [7, 11) is 0. The second-order valence-electron chi connectivity index (χ2n) is 6.64. The van der Waals surface area contributed by atoms with Crippen molar-refractivity contribution in [1.82, 2.24) is 4.90 Å². The lowest BCUT2D eigenvalue weighted by atomic mass is 10.2. The van der Waals surface area contributed by atoms with E-state index in [4.69, 9.17) is 27.6 Å². The van der Waals surface area contributed by atoms with Crippen LogP contribution in [0.15, 0.2) is 98.6 Å². The van der Waals surface area contributed by atoms with Crippen LogP contribution in [0.1, 0.15) is 16.9 Å². The molecule has 1 aliphatic heterocycles. The number of amides is 1. The third-order valence-corrected chi connectivity index (χ3v) is 6.29. The van der Waals surface area contributed by atoms with Gasteiger partial charge in [-0.15, -0.1) is 5.10 Å². The van der Waals surface area contributed by atoms with E-state index < -0.39 is 0 Å². The van der Waals surface area contributed by atoms with E-state index in [1.165, 1.54) is 22.9 Å². The van der Waals surface area contributed by atoms with Crippen molar-refractivity contribution in [3.8, 4) is 0 Å². The molecule has 0 spiro atoms. The highest BCUT2D eigenvalue weighted by Crippen LogP contribution is 2.32. The first-order valence-electron chi connectivity index (χ1n) is 9.62. The largest absolute Gasteiger partial charge is 0.467 e. The Hall–Kier alpha value is -3.06. The fourth-order valence-electron chi connectivity index (χ4n) is 2.87. The molecule has 0 saturated carbocycles. The number of benzene rings is 2. The lowest BCUT2D eigenvalue weighted by Crippen LogP contribution is -2.28. The molecular weight excluding hydrogens is 465 g/mol. The molecule has 1 aromatic heterocycles. The number of hydrogen-bond acceptors (Lipinski definition) is 5. The van der Waals surface area contributed by atoms with Gasteiger partial charge in [-0.25, -0.2) is 0 Å². The van der Waals surface area contributed by atoms with Gasteiger partial charge in [0.1, 0.15) is 5.76 Å². The van der Waals surface area contributed by atoms with Crippen LogP contribution in [0.5, 0.6) is 0 Å². The lowest BCUT2D eigenvalue weighted by molar-refractivity contribution is -0.122. The first-order valence-corrected chi connectivity index (χ1v) is 11.2. The molecule has 3 aromatic rings. The molecule has 8 heteroatoms. The van der Waals surface area contributed by atoms with E-state index in [1.807, 2.05) is 48.6 Å². The standard InChI is InChI=1S/C24H17Cl2N3O2S/c25-20-12-5-10-18(22(20)26)15-27-28-24-29(16-19-11-6-14-31-19)23(30)21(32-24)13-4-9-17-7-2-1-3-8-17/h1-15H,16H2/b9-4+,21-13-,27-15+,28-24-. The van der Waals surface area contributed by atoms with Gasteiger partial charge in [-0.1, -0.05) is 77.8 Å². The van der Waals surface area contributed by atoms with Crippen LogP contribution < -0.4 is 0 Å². The van der Waals surface area contributed by atoms with Gasteiger partial charge in [0.25, 0.3) is 5.91 Å². The van der Waals surface area contributed by atoms with Crippen molar-refractivity contribution in [2.75, 3.05) is 0 Å². The van der Waals surface area contributed by atoms with Gasteiger partial charge in [0.15, 0.2) is 5.17 Å². The molecule has 0 atom stereocenters. The molecule has 1 fully saturated rings. The summed E-state index contributed by atoms with van der Waals surface area (Å²) < 4.78 is 5.41. The summed E-state index contributed by atoms with van der Waals surface area (Å²) in [5.74, 6) is 0.480. The van der Waals surface area contributed by atoms with E-state index in [1.54, 1.807) is 36.6 Å². The van der Waals surface area contributed by atoms with Crippen molar-refractivity contribution in [2.45, 2.75) is 6.54 Å². The average Bonchev–Trinajstić information content (AvgIpc) is 3.42. The highest BCUT2D eigenvalue weighted by molar-refractivity contribution is 8.18. The number of carbonyl (C=O) groups is 1. The van der Waals surface area contributed by atoms with Gasteiger partial charge in [-0.05, 0) is 41.6 Å². The Morgan fingerprint density at radius 2 is 1.88 bits per heavy atom. The molecule has 2 aromatic carbocycles. The number of nitrogens with zero attached hydrogens (tertiary/aromatic N) is 3. The fourth-order valence-corrected chi connectivity index (χ4v) is 4.11. The molecule has 1 aliphatic rings. The van der Waals surface area contributed by atoms with Crippen molar-refractivity contribution < 1.29 is 9.21 Å². The molecule has 1 amide bonds. The maximum atomic E-state index is 13.0. The van der Waals surface area contributed by atoms with Crippen LogP contribution in [0.3, 0.4) is 0 Å². The molecule has 0 radical (unpaired) electrons. The van der Waals surface area contributed by atoms with Crippen LogP contribution in [0.4, 0.5) is 0 Å². The first kappa shape index (κ1) is 22.1. The topological polar surface area (TPSA) is 58.2 Å². The summed E-state index contributed by atoms with van der Waals surface area (Å²) in [6, 6.07) is 18.7. The second-order valence-corrected chi connectivity index (χ2v) is 8.44. The number of hydrogen-bond donors (Lipinski definition) is 0. The summed E-state index contributed by atoms with van der Waals surface area (Å²) in [5.41, 5.74) is 1.68. The van der Waals surface area contributed by atoms with Gasteiger partial charge in [0.05, 0.1) is 34.0 Å². The van der Waals surface area contributed by atoms with Crippen molar-refractivity contribution in [2.24, 2.45) is 10.2 Å². The minimum absolute atomic E-state index is 0.168. The van der Waals surface area contributed by atoms with Crippen molar-refractivity contribution in [1.29, 1.82) is 0 Å². The molecule has 0 unspecified atom stereocenters. The Kier molecular flexibility index (Phi) is 7.27. The van der Waals surface area contributed by atoms with Crippen molar-refractivity contribution >= 4 is 58.3 Å². The Labute approximate surface area is 199 Å². The van der Waals surface area contributed by atoms with Crippen LogP contribution in [0.2, 0.25) is 10.0 Å². The lowest BCUT2D eigenvalue weighted by Gasteiger charge is -2.12. The molecule has 32 heavy (non-hydrogen) atoms. The van der Waals surface area contributed by atoms with Crippen LogP contribution in [-0.2, 0) is 11.3 Å². The first-order chi connectivity index (χ1) is 15.6. The Morgan fingerprint density at radius 3 is 2.66 bits per heavy atom. The Morgan fingerprint density at radius 1 is 1.03 bits per heavy atom. The highest BCUT2D eigenvalue weighted by Gasteiger charge is 2.33. The van der Waals surface area contributed by atoms with Gasteiger partial charge >= 0.3 is 0 Å². The third kappa shape index (κ3) is 5.40. The average molecular weight is 482 g/mol. The Bertz CT molecular complexity index is 1220. The van der Waals surface area contributed by atoms with Crippen LogP contribution in [0, 0.1) is 0 Å². The smallest absolute Gasteiger partial charge is 0.267 e. The number of amidine groups is 1. The Balaban J connectivity index is 1.58. The number of carbonyl (C=O) groups excluding carboxylic acids is 1. The van der Waals surface area contributed by atoms with Crippen molar-refractivity contribution in [3.63, 3.8) is 0 Å². The van der Waals surface area contributed by atoms with Gasteiger partial charge in [-0.2, -0.15) is 5.10 Å². The van der Waals surface area contributed by atoms with E-state index in [0.29, 0.717) is 31.4 Å². The molecule has 2 heterocycles. The summed E-state index contributed by atoms with van der Waals surface area (Å²) in [6.45, 7) is 0.255. The monoisotopic (exact) mass is 481 g/mol. The van der Waals surface area contributed by atoms with E-state index in [9.17, 15) is 4.79 Å². The highest BCUT2D eigenvalue weighted by atomic mass is 35.5. The van der Waals surface area contributed by atoms with Gasteiger partial charge < -0.3 is 4.42 Å². The predicted octanol–water partition coefficient (Wildman–Crippen LogP) is 6.65. The van der Waals surface area contributed by atoms with E-state index >= 15 is 0 Å². The van der Waals surface area contributed by atoms with Gasteiger partial charge in [0, 0.05) is 5.56 Å². The normalized spacial score (nSPS) is 16.9. The molecule has 0 N–H and O–H groups in total. The zero-order valence-electron chi connectivity index (χ0n) is 16.7. The molecule has 5 nitrogen and oxygen atoms in total. The maximum absolute atomic E-state index is 13.0. The predicted molar refractivity (Wildman–Crippen MR) is 132 cm³/mol. The summed E-state index contributed by atoms with van der Waals surface area (Å²) >= 11 is 13.5. The number of furan rings is 1. The number of rotatable bonds is 6. The van der Waals surface area contributed by atoms with Crippen LogP contribution in [-0.4, -0.2) is 22.2 Å². The number of allylic oxidation sites excluding steroid dienone is 2. The number of thioether (sulfide) groups is 1. The quantitative estimate of drug-likeness (QED) is 0.225. The summed E-state index contributed by atoms with van der Waals surface area (Å²) in [4.78, 5) is 15.1. The molecule has 4 rings (SSSR count). The third-order valence-electron chi connectivity index (χ3n) is 4.44. The molecule has 160 valence electrons. The zero-order valence-corrected chi connectivity index (χ0v) is 19.0. The van der Waals surface area contributed by atoms with Gasteiger partial charge in [0.2, 0.25) is 0 Å². The second kappa shape index (κ2) is 10.5. The molecule has 1 saturated heterocycles. The zero-order chi connectivity index (χ0) is 22.3. The SMILES string of the molecule is O=C1/C(=C/C=C/c2ccccc2)S/C(=N\N=C\c2cccc(Cl)c2Cl)N1Cc1ccco1. The summed E-state index contributed by atoms with van der Waals surface area (Å²) in [6.07, 6.45) is 8.63. The van der Waals surface area contributed by atoms with Crippen molar-refractivity contribution in [3.05, 3.63) is 111 Å². The van der Waals surface area contributed by atoms with E-state index in [-0.39, 0.29) is 12.5 Å². The minimum atomic E-state index is -0.168. The fraction of sp³-hybridized carbons (Fsp3) is 0.0417. The van der Waals surface area contributed by atoms with Crippen LogP contribution >= 0.6 is 35.0 Å². The van der Waals surface area contributed by atoms with E-state index in [2.05, 4.69) is 10.2 Å². The maximum Gasteiger partial charge on any atom is 0.267 e. The number of halogens is 2. The van der Waals surface area contributed by atoms with Crippen LogP contribution in [0.25, 0.3) is 6.08 Å².